The van der Waals surface area contributed by atoms with Crippen LogP contribution in [0.15, 0.2) is 0 Å². The summed E-state index contributed by atoms with van der Waals surface area (Å²) >= 11 is 0. The molecule has 0 aliphatic rings. The molecular weight excluding hydrogens is 780 g/mol. The Kier molecular flexibility index (Phi) is 50.1. The number of hydrogen-bond acceptors (Lipinski definition) is 14. The van der Waals surface area contributed by atoms with E-state index in [9.17, 15) is 52.2 Å². The van der Waals surface area contributed by atoms with Gasteiger partial charge in [0, 0.05) is 32.5 Å². The van der Waals surface area contributed by atoms with Crippen LogP contribution in [0.2, 0.25) is 0 Å². The summed E-state index contributed by atoms with van der Waals surface area (Å²) in [5, 5.41) is 0. The molecule has 4 unspecified atom stereocenters. The van der Waals surface area contributed by atoms with Crippen LogP contribution in [0.5, 0.6) is 0 Å². The third-order valence-electron chi connectivity index (χ3n) is 3.35. The molecule has 0 aromatic carbocycles. The summed E-state index contributed by atoms with van der Waals surface area (Å²) < 4.78 is 55.2. The average molecular weight is 802 g/mol. The third kappa shape index (κ3) is 46.4. The Morgan fingerprint density at radius 2 is 0.579 bits per heavy atom. The van der Waals surface area contributed by atoms with Crippen molar-refractivity contribution in [3.63, 3.8) is 0 Å². The Hall–Kier alpha value is 10.4. The van der Waals surface area contributed by atoms with Crippen molar-refractivity contribution in [2.75, 3.05) is 57.6 Å². The summed E-state index contributed by atoms with van der Waals surface area (Å²) in [7, 11) is -25.6. The fraction of sp³-hybridized carbons (Fsp3) is 1.00. The van der Waals surface area contributed by atoms with E-state index >= 15 is 0 Å². The molecule has 0 radical (unpaired) electrons. The van der Waals surface area contributed by atoms with Gasteiger partial charge in [0.25, 0.3) is 0 Å². The van der Waals surface area contributed by atoms with Crippen molar-refractivity contribution in [1.29, 1.82) is 0 Å². The predicted octanol–water partition coefficient (Wildman–Crippen LogP) is -24.2. The van der Waals surface area contributed by atoms with Gasteiger partial charge in [0.1, 0.15) is 30.4 Å². The Balaban J connectivity index is -0.000000320. The molecule has 29 heteroatoms. The molecule has 38 heavy (non-hydrogen) atoms. The zero-order chi connectivity index (χ0) is 25.6. The van der Waals surface area contributed by atoms with Crippen LogP contribution in [0.3, 0.4) is 0 Å². The van der Waals surface area contributed by atoms with Crippen LogP contribution in [0.4, 0.5) is 0 Å². The molecule has 4 atom stereocenters. The van der Waals surface area contributed by atoms with Crippen LogP contribution in [0.1, 0.15) is 0 Å². The second kappa shape index (κ2) is 30.0. The van der Waals surface area contributed by atoms with Crippen LogP contribution < -0.4 is 338 Å². The van der Waals surface area contributed by atoms with Crippen LogP contribution in [0.25, 0.3) is 0 Å². The smallest absolute Gasteiger partial charge is 0.810 e. The predicted molar refractivity (Wildman–Crippen MR) is 96.2 cm³/mol. The van der Waals surface area contributed by atoms with Crippen molar-refractivity contribution >= 4 is 38.0 Å². The van der Waals surface area contributed by atoms with Crippen LogP contribution in [0, 0.1) is 0 Å². The van der Waals surface area contributed by atoms with Gasteiger partial charge in [0.2, 0.25) is 0 Å². The fourth-order valence-corrected chi connectivity index (χ4v) is 6.52. The Morgan fingerprint density at radius 3 is 0.737 bits per heavy atom. The second-order valence-electron chi connectivity index (χ2n) is 6.77. The minimum atomic E-state index is -5.28. The summed E-state index contributed by atoms with van der Waals surface area (Å²) in [6, 6.07) is 0. The van der Waals surface area contributed by atoms with Gasteiger partial charge in [-0.15, -0.1) is 0 Å². The SMILES string of the molecule is O=P([O-])([O-])CN(CCN(CP(=O)([O-])O)CP(=O)([O-])O)CCN(CP(=O)([O-])O)CP(=O)([O-])O.[K+].[K+].[K+].[K+].[K+].[K+]. The van der Waals surface area contributed by atoms with Crippen LogP contribution >= 0.6 is 38.0 Å². The molecule has 0 aliphatic heterocycles. The molecule has 194 valence electrons. The zero-order valence-electron chi connectivity index (χ0n) is 22.2. The molecule has 0 aliphatic carbocycles. The van der Waals surface area contributed by atoms with E-state index in [2.05, 4.69) is 0 Å². The van der Waals surface area contributed by atoms with Gasteiger partial charge < -0.3 is 71.8 Å². The molecule has 0 heterocycles. The Morgan fingerprint density at radius 1 is 0.395 bits per heavy atom. The molecule has 0 rings (SSSR count). The molecule has 18 nitrogen and oxygen atoms in total. The first-order valence-corrected chi connectivity index (χ1v) is 17.0. The van der Waals surface area contributed by atoms with Gasteiger partial charge >= 0.3 is 308 Å². The van der Waals surface area contributed by atoms with Gasteiger partial charge in [0.05, 0.1) is 25.1 Å². The van der Waals surface area contributed by atoms with Crippen molar-refractivity contribution in [2.24, 2.45) is 0 Å². The standard InChI is InChI=1S/C9H28N3O15P5.6K/c13-28(14,15)5-10(1-3-11(6-29(16,17)18)7-30(19,20)21)2-4-12(8-31(22,23)24)9-32(25,26)27;;;;;;/h1-9H2,(H2,13,14,15)(H2,16,17,18)(H2,19,20,21)(H2,22,23,24)(H2,25,26,27);;;;;;/q;6*+1/p-6. The van der Waals surface area contributed by atoms with Gasteiger partial charge in [-0.1, -0.05) is 7.60 Å². The first kappa shape index (κ1) is 63.5. The monoisotopic (exact) mass is 801 g/mol. The molecule has 0 aromatic rings. The second-order valence-corrected chi connectivity index (χ2v) is 14.5. The van der Waals surface area contributed by atoms with Crippen LogP contribution in [-0.2, 0) is 22.8 Å². The van der Waals surface area contributed by atoms with E-state index in [0.717, 1.165) is 4.90 Å². The van der Waals surface area contributed by atoms with E-state index in [1.807, 2.05) is 0 Å². The number of hydrogen-bond donors (Lipinski definition) is 4. The van der Waals surface area contributed by atoms with E-state index in [1.165, 1.54) is 0 Å². The average Bonchev–Trinajstić information content (AvgIpc) is 2.41. The molecular formula is C9H22K6N3O15P5. The summed E-state index contributed by atoms with van der Waals surface area (Å²) in [5.41, 5.74) is 0. The molecule has 0 spiro atoms. The first-order valence-electron chi connectivity index (χ1n) is 8.24. The van der Waals surface area contributed by atoms with Crippen molar-refractivity contribution in [1.82, 2.24) is 14.7 Å². The maximum atomic E-state index is 11.1. The fourth-order valence-electron chi connectivity index (χ4n) is 2.45. The third-order valence-corrected chi connectivity index (χ3v) is 7.13. The van der Waals surface area contributed by atoms with Gasteiger partial charge in [0.15, 0.2) is 0 Å². The topological polar surface area (TPSA) is 314 Å². The van der Waals surface area contributed by atoms with E-state index < -0.39 is 95.6 Å². The molecule has 0 saturated carbocycles. The summed E-state index contributed by atoms with van der Waals surface area (Å²) in [6.45, 7) is -2.44. The van der Waals surface area contributed by atoms with E-state index in [1.54, 1.807) is 0 Å². The van der Waals surface area contributed by atoms with Crippen molar-refractivity contribution in [2.45, 2.75) is 0 Å². The van der Waals surface area contributed by atoms with Crippen molar-refractivity contribution in [3.8, 4) is 0 Å². The molecule has 0 saturated heterocycles. The first-order chi connectivity index (χ1) is 13.9. The van der Waals surface area contributed by atoms with Crippen molar-refractivity contribution < 1.29 is 380 Å². The van der Waals surface area contributed by atoms with E-state index in [-0.39, 0.29) is 308 Å². The van der Waals surface area contributed by atoms with Gasteiger partial charge in [-0.25, -0.2) is 0 Å². The van der Waals surface area contributed by atoms with Gasteiger partial charge in [-0.05, 0) is 0 Å². The minimum Gasteiger partial charge on any atom is -0.810 e. The maximum absolute atomic E-state index is 11.1. The molecule has 0 amide bonds. The zero-order valence-corrected chi connectivity index (χ0v) is 45.4. The minimum absolute atomic E-state index is 0. The number of rotatable bonds is 16. The van der Waals surface area contributed by atoms with E-state index in [0.29, 0.717) is 9.80 Å². The molecule has 0 bridgehead atoms. The molecule has 0 fully saturated rings. The van der Waals surface area contributed by atoms with Crippen LogP contribution in [-0.4, -0.2) is 91.9 Å². The summed E-state index contributed by atoms with van der Waals surface area (Å²) in [4.78, 5) is 104. The normalized spacial score (nSPS) is 17.4. The van der Waals surface area contributed by atoms with Gasteiger partial charge in [-0.3, -0.25) is 14.7 Å². The van der Waals surface area contributed by atoms with Crippen molar-refractivity contribution in [3.05, 3.63) is 0 Å². The molecule has 4 N–H and O–H groups in total. The molecule has 0 aromatic heterocycles. The number of nitrogens with zero attached hydrogens (tertiary/aromatic N) is 3. The van der Waals surface area contributed by atoms with E-state index in [4.69, 9.17) is 19.6 Å². The summed E-state index contributed by atoms with van der Waals surface area (Å²) in [5.74, 6) is 0. The largest absolute Gasteiger partial charge is 1.00 e. The maximum Gasteiger partial charge on any atom is 1.00 e. The Bertz CT molecular complexity index is 744. The van der Waals surface area contributed by atoms with Gasteiger partial charge in [-0.2, -0.15) is 0 Å². The summed E-state index contributed by atoms with van der Waals surface area (Å²) in [6.07, 6.45) is -6.29. The quantitative estimate of drug-likeness (QED) is 0.0832. The Labute approximate surface area is 476 Å².